The Labute approximate surface area is 304 Å². The fourth-order valence-corrected chi connectivity index (χ4v) is 8.74. The second-order valence-electron chi connectivity index (χ2n) is 14.6. The van der Waals surface area contributed by atoms with Gasteiger partial charge >= 0.3 is 0 Å². The smallest absolute Gasteiger partial charge is 0.176 e. The Hall–Kier alpha value is -6.78. The van der Waals surface area contributed by atoms with E-state index >= 15 is 0 Å². The van der Waals surface area contributed by atoms with E-state index in [4.69, 9.17) is 18.8 Å². The van der Waals surface area contributed by atoms with E-state index in [0.29, 0.717) is 11.7 Å². The van der Waals surface area contributed by atoms with Crippen LogP contribution in [0.2, 0.25) is 0 Å². The van der Waals surface area contributed by atoms with Crippen LogP contribution in [0.15, 0.2) is 173 Å². The molecule has 0 radical (unpaired) electrons. The van der Waals surface area contributed by atoms with Crippen molar-refractivity contribution >= 4 is 65.6 Å². The average Bonchev–Trinajstić information content (AvgIpc) is 3.68. The normalized spacial score (nSPS) is 17.8. The molecule has 0 amide bonds. The summed E-state index contributed by atoms with van der Waals surface area (Å²) >= 11 is 0. The third-order valence-electron chi connectivity index (χ3n) is 11.6. The Morgan fingerprint density at radius 1 is 0.528 bits per heavy atom. The topological polar surface area (TPSA) is 52.1 Å². The maximum atomic E-state index is 6.85. The van der Waals surface area contributed by atoms with Crippen molar-refractivity contribution in [1.29, 1.82) is 0 Å². The number of fused-ring (bicyclic) bond motifs is 10. The summed E-state index contributed by atoms with van der Waals surface area (Å²) in [4.78, 5) is 10.5. The lowest BCUT2D eigenvalue weighted by Gasteiger charge is -2.15. The first-order valence-corrected chi connectivity index (χ1v) is 18.2. The molecule has 2 aliphatic carbocycles. The Balaban J connectivity index is 1.03. The summed E-state index contributed by atoms with van der Waals surface area (Å²) in [6.45, 7) is 0. The van der Waals surface area contributed by atoms with Gasteiger partial charge in [0.1, 0.15) is 22.3 Å². The maximum Gasteiger partial charge on any atom is 0.176 e. The van der Waals surface area contributed by atoms with Gasteiger partial charge in [0.05, 0.1) is 5.69 Å². The molecular weight excluding hydrogens is 649 g/mol. The number of para-hydroxylation sites is 1. The van der Waals surface area contributed by atoms with Gasteiger partial charge in [0.2, 0.25) is 0 Å². The molecule has 1 fully saturated rings. The Morgan fingerprint density at radius 2 is 1.26 bits per heavy atom. The van der Waals surface area contributed by atoms with E-state index < -0.39 is 0 Å². The summed E-state index contributed by atoms with van der Waals surface area (Å²) < 4.78 is 13.3. The number of benzene rings is 7. The molecule has 2 aliphatic rings. The summed E-state index contributed by atoms with van der Waals surface area (Å²) in [6.07, 6.45) is 9.87. The molecule has 53 heavy (non-hydrogen) atoms. The molecule has 2 atom stereocenters. The van der Waals surface area contributed by atoms with E-state index in [2.05, 4.69) is 146 Å². The number of aromatic nitrogens is 2. The minimum Gasteiger partial charge on any atom is -0.455 e. The molecule has 0 aliphatic heterocycles. The zero-order chi connectivity index (χ0) is 34.7. The highest BCUT2D eigenvalue weighted by Gasteiger charge is 2.55. The first-order chi connectivity index (χ1) is 26.2. The molecule has 7 aromatic carbocycles. The van der Waals surface area contributed by atoms with Gasteiger partial charge in [0, 0.05) is 32.5 Å². The van der Waals surface area contributed by atoms with E-state index in [1.807, 2.05) is 18.2 Å². The first kappa shape index (κ1) is 28.9. The van der Waals surface area contributed by atoms with Crippen LogP contribution in [0, 0.1) is 5.92 Å². The maximum absolute atomic E-state index is 6.85. The number of rotatable bonds is 4. The standard InChI is InChI=1S/C49H30N2O2/c1-2-10-32-25-33(21-18-29(32)9-1)30-16-19-31(20-17-30)40-26-34-11-3-4-13-37(34)45-43(40)38-23-22-35(27-42(38)53-45)48-50-44-39-14-5-6-15-41(39)52-46(44)47(51-48)49-24-8-7-12-36(49)28-49/h1-27,36H,28H2. The van der Waals surface area contributed by atoms with Crippen LogP contribution in [-0.2, 0) is 5.41 Å². The van der Waals surface area contributed by atoms with E-state index in [0.717, 1.165) is 83.6 Å². The van der Waals surface area contributed by atoms with Crippen LogP contribution in [0.4, 0.5) is 0 Å². The predicted octanol–water partition coefficient (Wildman–Crippen LogP) is 13.0. The molecule has 248 valence electrons. The van der Waals surface area contributed by atoms with Crippen molar-refractivity contribution in [3.63, 3.8) is 0 Å². The second-order valence-corrected chi connectivity index (χ2v) is 14.6. The number of hydrogen-bond acceptors (Lipinski definition) is 4. The Bertz CT molecular complexity index is 3220. The molecule has 10 aromatic rings. The molecule has 3 heterocycles. The fourth-order valence-electron chi connectivity index (χ4n) is 8.74. The highest BCUT2D eigenvalue weighted by atomic mass is 16.3. The predicted molar refractivity (Wildman–Crippen MR) is 216 cm³/mol. The van der Waals surface area contributed by atoms with Crippen LogP contribution in [0.5, 0.6) is 0 Å². The van der Waals surface area contributed by atoms with Crippen molar-refractivity contribution in [2.24, 2.45) is 5.92 Å². The molecule has 4 nitrogen and oxygen atoms in total. The van der Waals surface area contributed by atoms with Crippen LogP contribution >= 0.6 is 0 Å². The summed E-state index contributed by atoms with van der Waals surface area (Å²) in [5.74, 6) is 1.09. The first-order valence-electron chi connectivity index (χ1n) is 18.2. The van der Waals surface area contributed by atoms with Crippen LogP contribution in [0.25, 0.3) is 99.2 Å². The van der Waals surface area contributed by atoms with Gasteiger partial charge in [-0.05, 0) is 87.1 Å². The van der Waals surface area contributed by atoms with Gasteiger partial charge in [-0.25, -0.2) is 9.97 Å². The van der Waals surface area contributed by atoms with E-state index in [9.17, 15) is 0 Å². The lowest BCUT2D eigenvalue weighted by molar-refractivity contribution is 0.644. The van der Waals surface area contributed by atoms with Crippen molar-refractivity contribution in [1.82, 2.24) is 9.97 Å². The third kappa shape index (κ3) is 4.24. The molecule has 12 rings (SSSR count). The largest absolute Gasteiger partial charge is 0.455 e. The van der Waals surface area contributed by atoms with Gasteiger partial charge in [-0.3, -0.25) is 0 Å². The molecular formula is C49H30N2O2. The van der Waals surface area contributed by atoms with Crippen molar-refractivity contribution in [3.05, 3.63) is 170 Å². The Kier molecular flexibility index (Phi) is 5.79. The van der Waals surface area contributed by atoms with Crippen LogP contribution in [0.1, 0.15) is 12.1 Å². The lowest BCUT2D eigenvalue weighted by atomic mass is 9.93. The van der Waals surface area contributed by atoms with Crippen molar-refractivity contribution in [2.45, 2.75) is 11.8 Å². The van der Waals surface area contributed by atoms with Gasteiger partial charge < -0.3 is 8.83 Å². The van der Waals surface area contributed by atoms with Crippen LogP contribution in [-0.4, -0.2) is 9.97 Å². The highest BCUT2D eigenvalue weighted by Crippen LogP contribution is 2.59. The molecule has 0 bridgehead atoms. The zero-order valence-electron chi connectivity index (χ0n) is 28.6. The van der Waals surface area contributed by atoms with E-state index in [1.54, 1.807) is 0 Å². The molecule has 4 heteroatoms. The minimum atomic E-state index is -0.167. The molecule has 3 aromatic heterocycles. The number of hydrogen-bond donors (Lipinski definition) is 0. The summed E-state index contributed by atoms with van der Waals surface area (Å²) in [5.41, 5.74) is 10.6. The Morgan fingerprint density at radius 3 is 2.15 bits per heavy atom. The quantitative estimate of drug-likeness (QED) is 0.186. The summed E-state index contributed by atoms with van der Waals surface area (Å²) in [5, 5.41) is 7.92. The molecule has 2 unspecified atom stereocenters. The number of furan rings is 2. The van der Waals surface area contributed by atoms with Crippen molar-refractivity contribution in [2.75, 3.05) is 0 Å². The minimum absolute atomic E-state index is 0.167. The monoisotopic (exact) mass is 678 g/mol. The van der Waals surface area contributed by atoms with Gasteiger partial charge in [-0.15, -0.1) is 0 Å². The highest BCUT2D eigenvalue weighted by molar-refractivity contribution is 6.21. The van der Waals surface area contributed by atoms with E-state index in [1.165, 1.54) is 21.9 Å². The van der Waals surface area contributed by atoms with Crippen LogP contribution < -0.4 is 0 Å². The van der Waals surface area contributed by atoms with Gasteiger partial charge in [0.25, 0.3) is 0 Å². The lowest BCUT2D eigenvalue weighted by Crippen LogP contribution is -2.12. The van der Waals surface area contributed by atoms with Crippen LogP contribution in [0.3, 0.4) is 0 Å². The number of allylic oxidation sites excluding steroid dienone is 4. The molecule has 0 saturated heterocycles. The zero-order valence-corrected chi connectivity index (χ0v) is 28.6. The summed E-state index contributed by atoms with van der Waals surface area (Å²) in [6, 6.07) is 49.5. The summed E-state index contributed by atoms with van der Waals surface area (Å²) in [7, 11) is 0. The average molecular weight is 679 g/mol. The van der Waals surface area contributed by atoms with E-state index in [-0.39, 0.29) is 5.41 Å². The molecule has 0 N–H and O–H groups in total. The fraction of sp³-hybridized carbons (Fsp3) is 0.0612. The number of nitrogens with zero attached hydrogens (tertiary/aromatic N) is 2. The second kappa shape index (κ2) is 10.6. The van der Waals surface area contributed by atoms with Crippen molar-refractivity contribution < 1.29 is 8.83 Å². The van der Waals surface area contributed by atoms with Gasteiger partial charge in [-0.1, -0.05) is 127 Å². The SMILES string of the molecule is C1=CC2CC2(c2nc(-c3ccc4c(c3)oc3c5ccccc5cc(-c5ccc(-c6ccc7ccccc7c6)cc5)c43)nc3c2oc2ccccc23)C=C1. The van der Waals surface area contributed by atoms with Gasteiger partial charge in [0.15, 0.2) is 11.4 Å². The third-order valence-corrected chi connectivity index (χ3v) is 11.6. The molecule has 1 saturated carbocycles. The van der Waals surface area contributed by atoms with Gasteiger partial charge in [-0.2, -0.15) is 0 Å². The molecule has 0 spiro atoms. The van der Waals surface area contributed by atoms with Crippen molar-refractivity contribution in [3.8, 4) is 33.6 Å².